The minimum atomic E-state index is 0.645. The number of rotatable bonds is 6. The molecule has 2 saturated heterocycles. The number of hydrogen-bond acceptors (Lipinski definition) is 3. The van der Waals surface area contributed by atoms with Crippen molar-refractivity contribution < 1.29 is 4.74 Å². The molecule has 3 nitrogen and oxygen atoms in total. The summed E-state index contributed by atoms with van der Waals surface area (Å²) in [4.78, 5) is 5.46. The molecule has 2 atom stereocenters. The summed E-state index contributed by atoms with van der Waals surface area (Å²) in [7, 11) is 0. The van der Waals surface area contributed by atoms with Gasteiger partial charge in [0.2, 0.25) is 0 Å². The van der Waals surface area contributed by atoms with Gasteiger partial charge in [0, 0.05) is 38.3 Å². The maximum atomic E-state index is 5.81. The van der Waals surface area contributed by atoms with Crippen molar-refractivity contribution >= 4 is 0 Å². The summed E-state index contributed by atoms with van der Waals surface area (Å²) in [5.41, 5.74) is 0. The molecule has 2 aliphatic rings. The predicted octanol–water partition coefficient (Wildman–Crippen LogP) is 2.85. The van der Waals surface area contributed by atoms with E-state index in [1.165, 1.54) is 38.9 Å². The highest BCUT2D eigenvalue weighted by Gasteiger charge is 2.35. The molecule has 0 saturated carbocycles. The molecule has 20 heavy (non-hydrogen) atoms. The van der Waals surface area contributed by atoms with Crippen molar-refractivity contribution in [2.24, 2.45) is 11.8 Å². The highest BCUT2D eigenvalue weighted by Crippen LogP contribution is 2.26. The van der Waals surface area contributed by atoms with E-state index in [4.69, 9.17) is 4.74 Å². The Hall–Kier alpha value is -0.120. The molecule has 2 unspecified atom stereocenters. The van der Waals surface area contributed by atoms with Crippen LogP contribution in [0.3, 0.4) is 0 Å². The zero-order valence-electron chi connectivity index (χ0n) is 14.0. The molecular weight excluding hydrogens is 248 g/mol. The van der Waals surface area contributed by atoms with Gasteiger partial charge in [-0.05, 0) is 31.2 Å². The van der Waals surface area contributed by atoms with Crippen LogP contribution in [0.5, 0.6) is 0 Å². The van der Waals surface area contributed by atoms with Crippen LogP contribution in [0.15, 0.2) is 0 Å². The van der Waals surface area contributed by atoms with Crippen LogP contribution in [0.25, 0.3) is 0 Å². The van der Waals surface area contributed by atoms with Crippen LogP contribution in [0.4, 0.5) is 0 Å². The molecule has 0 aliphatic carbocycles. The van der Waals surface area contributed by atoms with E-state index >= 15 is 0 Å². The summed E-state index contributed by atoms with van der Waals surface area (Å²) in [6, 6.07) is 1.52. The van der Waals surface area contributed by atoms with Crippen molar-refractivity contribution in [1.29, 1.82) is 0 Å². The van der Waals surface area contributed by atoms with Gasteiger partial charge in [-0.3, -0.25) is 9.80 Å². The third kappa shape index (κ3) is 4.44. The van der Waals surface area contributed by atoms with Gasteiger partial charge in [-0.2, -0.15) is 0 Å². The minimum absolute atomic E-state index is 0.645. The number of fused-ring (bicyclic) bond motifs is 1. The molecule has 2 aliphatic heterocycles. The fraction of sp³-hybridized carbons (Fsp3) is 1.00. The molecule has 0 spiro atoms. The van der Waals surface area contributed by atoms with Crippen molar-refractivity contribution in [3.63, 3.8) is 0 Å². The second-order valence-electron chi connectivity index (χ2n) is 7.42. The first-order valence-corrected chi connectivity index (χ1v) is 8.63. The van der Waals surface area contributed by atoms with Crippen LogP contribution < -0.4 is 0 Å². The van der Waals surface area contributed by atoms with Crippen LogP contribution >= 0.6 is 0 Å². The van der Waals surface area contributed by atoms with E-state index in [2.05, 4.69) is 37.5 Å². The molecule has 3 heteroatoms. The lowest BCUT2D eigenvalue weighted by atomic mass is 9.92. The van der Waals surface area contributed by atoms with Gasteiger partial charge in [0.15, 0.2) is 0 Å². The van der Waals surface area contributed by atoms with E-state index in [1.54, 1.807) is 0 Å². The Balaban J connectivity index is 1.84. The SMILES string of the molecule is CC(C)COCCN1CC2CCCCN2CC1C(C)C. The average molecular weight is 282 g/mol. The molecule has 2 rings (SSSR count). The second-order valence-corrected chi connectivity index (χ2v) is 7.42. The highest BCUT2D eigenvalue weighted by molar-refractivity contribution is 4.91. The molecule has 2 heterocycles. The molecule has 0 aromatic carbocycles. The van der Waals surface area contributed by atoms with Crippen LogP contribution in [0.2, 0.25) is 0 Å². The molecule has 2 fully saturated rings. The fourth-order valence-corrected chi connectivity index (χ4v) is 3.66. The molecule has 0 amide bonds. The van der Waals surface area contributed by atoms with E-state index in [0.717, 1.165) is 31.7 Å². The maximum Gasteiger partial charge on any atom is 0.0593 e. The molecule has 0 aromatic heterocycles. The third-order valence-corrected chi connectivity index (χ3v) is 4.83. The van der Waals surface area contributed by atoms with E-state index in [0.29, 0.717) is 12.0 Å². The van der Waals surface area contributed by atoms with Gasteiger partial charge in [0.05, 0.1) is 6.61 Å². The lowest BCUT2D eigenvalue weighted by Gasteiger charge is -2.49. The van der Waals surface area contributed by atoms with Crippen LogP contribution in [-0.2, 0) is 4.74 Å². The lowest BCUT2D eigenvalue weighted by molar-refractivity contribution is -0.0226. The van der Waals surface area contributed by atoms with Gasteiger partial charge in [0.25, 0.3) is 0 Å². The summed E-state index contributed by atoms with van der Waals surface area (Å²) in [6.07, 6.45) is 4.22. The lowest BCUT2D eigenvalue weighted by Crippen LogP contribution is -2.61. The maximum absolute atomic E-state index is 5.81. The quantitative estimate of drug-likeness (QED) is 0.697. The number of nitrogens with zero attached hydrogens (tertiary/aromatic N) is 2. The second kappa shape index (κ2) is 7.77. The smallest absolute Gasteiger partial charge is 0.0593 e. The van der Waals surface area contributed by atoms with Gasteiger partial charge in [-0.15, -0.1) is 0 Å². The van der Waals surface area contributed by atoms with Crippen LogP contribution in [0, 0.1) is 11.8 Å². The number of piperazine rings is 1. The van der Waals surface area contributed by atoms with E-state index in [1.807, 2.05) is 0 Å². The Morgan fingerprint density at radius 1 is 1.10 bits per heavy atom. The van der Waals surface area contributed by atoms with Gasteiger partial charge < -0.3 is 4.74 Å². The Bertz CT molecular complexity index is 280. The summed E-state index contributed by atoms with van der Waals surface area (Å²) in [5, 5.41) is 0. The zero-order chi connectivity index (χ0) is 14.5. The first-order valence-electron chi connectivity index (χ1n) is 8.63. The first-order chi connectivity index (χ1) is 9.58. The van der Waals surface area contributed by atoms with Crippen molar-refractivity contribution in [2.75, 3.05) is 39.4 Å². The van der Waals surface area contributed by atoms with Gasteiger partial charge in [0.1, 0.15) is 0 Å². The van der Waals surface area contributed by atoms with Crippen LogP contribution in [0.1, 0.15) is 47.0 Å². The predicted molar refractivity (Wildman–Crippen MR) is 85.1 cm³/mol. The molecular formula is C17H34N2O. The minimum Gasteiger partial charge on any atom is -0.380 e. The number of piperidine rings is 1. The van der Waals surface area contributed by atoms with Crippen molar-refractivity contribution in [3.05, 3.63) is 0 Å². The van der Waals surface area contributed by atoms with Crippen molar-refractivity contribution in [3.8, 4) is 0 Å². The standard InChI is InChI=1S/C17H34N2O/c1-14(2)13-20-10-9-19-11-16-7-5-6-8-18(16)12-17(19)15(3)4/h14-17H,5-13H2,1-4H3. The number of ether oxygens (including phenoxy) is 1. The van der Waals surface area contributed by atoms with E-state index < -0.39 is 0 Å². The Morgan fingerprint density at radius 3 is 2.60 bits per heavy atom. The normalized spacial score (nSPS) is 29.1. The first kappa shape index (κ1) is 16.3. The highest BCUT2D eigenvalue weighted by atomic mass is 16.5. The molecule has 0 N–H and O–H groups in total. The summed E-state index contributed by atoms with van der Waals surface area (Å²) < 4.78 is 5.81. The Morgan fingerprint density at radius 2 is 1.90 bits per heavy atom. The van der Waals surface area contributed by atoms with E-state index in [-0.39, 0.29) is 0 Å². The summed E-state index contributed by atoms with van der Waals surface area (Å²) in [5.74, 6) is 1.38. The largest absolute Gasteiger partial charge is 0.380 e. The zero-order valence-corrected chi connectivity index (χ0v) is 14.0. The fourth-order valence-electron chi connectivity index (χ4n) is 3.66. The average Bonchev–Trinajstić information content (AvgIpc) is 2.42. The molecule has 0 aromatic rings. The van der Waals surface area contributed by atoms with Gasteiger partial charge in [-0.25, -0.2) is 0 Å². The topological polar surface area (TPSA) is 15.7 Å². The Labute approximate surface area is 125 Å². The number of hydrogen-bond donors (Lipinski definition) is 0. The van der Waals surface area contributed by atoms with Crippen molar-refractivity contribution in [1.82, 2.24) is 9.80 Å². The molecule has 0 radical (unpaired) electrons. The Kier molecular flexibility index (Phi) is 6.31. The van der Waals surface area contributed by atoms with Crippen molar-refractivity contribution in [2.45, 2.75) is 59.0 Å². The summed E-state index contributed by atoms with van der Waals surface area (Å²) >= 11 is 0. The monoisotopic (exact) mass is 282 g/mol. The van der Waals surface area contributed by atoms with Gasteiger partial charge in [-0.1, -0.05) is 34.1 Å². The van der Waals surface area contributed by atoms with Gasteiger partial charge >= 0.3 is 0 Å². The molecule has 0 bridgehead atoms. The van der Waals surface area contributed by atoms with E-state index in [9.17, 15) is 0 Å². The van der Waals surface area contributed by atoms with Crippen LogP contribution in [-0.4, -0.2) is 61.3 Å². The third-order valence-electron chi connectivity index (χ3n) is 4.83. The summed E-state index contributed by atoms with van der Waals surface area (Å²) in [6.45, 7) is 15.9. The molecule has 118 valence electrons.